The SMILES string of the molecule is CCOCc1nc(NN)cc(-n2cc(Cl)cn2)n1. The quantitative estimate of drug-likeness (QED) is 0.624. The van der Waals surface area contributed by atoms with Crippen molar-refractivity contribution in [3.63, 3.8) is 0 Å². The van der Waals surface area contributed by atoms with E-state index in [0.29, 0.717) is 35.7 Å². The number of halogens is 1. The number of anilines is 1. The Hall–Kier alpha value is -1.70. The third-order valence-corrected chi connectivity index (χ3v) is 2.32. The van der Waals surface area contributed by atoms with Crippen molar-refractivity contribution < 1.29 is 4.74 Å². The van der Waals surface area contributed by atoms with Gasteiger partial charge in [0.1, 0.15) is 12.4 Å². The fraction of sp³-hybridized carbons (Fsp3) is 0.300. The van der Waals surface area contributed by atoms with Gasteiger partial charge in [0, 0.05) is 12.7 Å². The Balaban J connectivity index is 2.34. The molecule has 0 saturated carbocycles. The molecule has 2 aromatic rings. The number of ether oxygens (including phenoxy) is 1. The van der Waals surface area contributed by atoms with E-state index in [0.717, 1.165) is 0 Å². The van der Waals surface area contributed by atoms with Crippen LogP contribution < -0.4 is 11.3 Å². The molecule has 0 spiro atoms. The molecule has 7 nitrogen and oxygen atoms in total. The van der Waals surface area contributed by atoms with Crippen molar-refractivity contribution in [3.8, 4) is 5.82 Å². The van der Waals surface area contributed by atoms with Gasteiger partial charge in [0.15, 0.2) is 11.6 Å². The summed E-state index contributed by atoms with van der Waals surface area (Å²) in [6, 6.07) is 1.67. The molecule has 0 aromatic carbocycles. The fourth-order valence-electron chi connectivity index (χ4n) is 1.36. The van der Waals surface area contributed by atoms with Gasteiger partial charge in [-0.3, -0.25) is 0 Å². The molecule has 2 aromatic heterocycles. The maximum atomic E-state index is 5.82. The zero-order chi connectivity index (χ0) is 13.0. The number of nitrogens with zero attached hydrogens (tertiary/aromatic N) is 4. The largest absolute Gasteiger partial charge is 0.374 e. The third-order valence-electron chi connectivity index (χ3n) is 2.13. The minimum atomic E-state index is 0.314. The standard InChI is InChI=1S/C10H13ClN6O/c1-2-18-6-9-14-8(16-12)3-10(15-9)17-5-7(11)4-13-17/h3-5H,2,6,12H2,1H3,(H,14,15,16). The Labute approximate surface area is 109 Å². The van der Waals surface area contributed by atoms with Crippen molar-refractivity contribution in [3.05, 3.63) is 29.3 Å². The van der Waals surface area contributed by atoms with E-state index >= 15 is 0 Å². The van der Waals surface area contributed by atoms with Gasteiger partial charge in [-0.25, -0.2) is 20.5 Å². The molecule has 0 atom stereocenters. The molecule has 2 heterocycles. The highest BCUT2D eigenvalue weighted by Gasteiger charge is 2.07. The van der Waals surface area contributed by atoms with Gasteiger partial charge in [-0.2, -0.15) is 5.10 Å². The summed E-state index contributed by atoms with van der Waals surface area (Å²) in [7, 11) is 0. The first-order chi connectivity index (χ1) is 8.72. The first-order valence-electron chi connectivity index (χ1n) is 5.35. The van der Waals surface area contributed by atoms with Gasteiger partial charge in [0.2, 0.25) is 0 Å². The van der Waals surface area contributed by atoms with Gasteiger partial charge in [-0.05, 0) is 6.92 Å². The van der Waals surface area contributed by atoms with Gasteiger partial charge < -0.3 is 10.2 Å². The van der Waals surface area contributed by atoms with Gasteiger partial charge in [-0.1, -0.05) is 11.6 Å². The van der Waals surface area contributed by atoms with E-state index in [1.54, 1.807) is 16.9 Å². The molecule has 0 aliphatic heterocycles. The molecule has 0 fully saturated rings. The first-order valence-corrected chi connectivity index (χ1v) is 5.73. The van der Waals surface area contributed by atoms with E-state index in [1.165, 1.54) is 6.20 Å². The van der Waals surface area contributed by atoms with E-state index in [-0.39, 0.29) is 0 Å². The van der Waals surface area contributed by atoms with E-state index in [9.17, 15) is 0 Å². The summed E-state index contributed by atoms with van der Waals surface area (Å²) in [5.41, 5.74) is 2.48. The Kier molecular flexibility index (Phi) is 4.08. The smallest absolute Gasteiger partial charge is 0.159 e. The third kappa shape index (κ3) is 2.95. The maximum Gasteiger partial charge on any atom is 0.159 e. The van der Waals surface area contributed by atoms with Crippen LogP contribution in [0.25, 0.3) is 5.82 Å². The lowest BCUT2D eigenvalue weighted by atomic mass is 10.5. The molecule has 0 aliphatic carbocycles. The normalized spacial score (nSPS) is 10.6. The number of hydrogen-bond acceptors (Lipinski definition) is 6. The summed E-state index contributed by atoms with van der Waals surface area (Å²) in [5.74, 6) is 6.94. The highest BCUT2D eigenvalue weighted by Crippen LogP contribution is 2.13. The van der Waals surface area contributed by atoms with Crippen LogP contribution in [-0.2, 0) is 11.3 Å². The fourth-order valence-corrected chi connectivity index (χ4v) is 1.49. The van der Waals surface area contributed by atoms with Crippen molar-refractivity contribution in [2.24, 2.45) is 5.84 Å². The van der Waals surface area contributed by atoms with Gasteiger partial charge in [0.05, 0.1) is 17.4 Å². The predicted octanol–water partition coefficient (Wildman–Crippen LogP) is 1.14. The number of hydrazine groups is 1. The molecule has 0 unspecified atom stereocenters. The molecule has 8 heteroatoms. The highest BCUT2D eigenvalue weighted by molar-refractivity contribution is 6.30. The molecule has 2 rings (SSSR count). The van der Waals surface area contributed by atoms with E-state index < -0.39 is 0 Å². The Morgan fingerprint density at radius 2 is 2.33 bits per heavy atom. The van der Waals surface area contributed by atoms with Crippen LogP contribution >= 0.6 is 11.6 Å². The minimum absolute atomic E-state index is 0.314. The highest BCUT2D eigenvalue weighted by atomic mass is 35.5. The zero-order valence-electron chi connectivity index (χ0n) is 9.80. The number of hydrogen-bond donors (Lipinski definition) is 2. The van der Waals surface area contributed by atoms with Crippen molar-refractivity contribution >= 4 is 17.4 Å². The second-order valence-electron chi connectivity index (χ2n) is 3.41. The first kappa shape index (κ1) is 12.7. The molecule has 18 heavy (non-hydrogen) atoms. The summed E-state index contributed by atoms with van der Waals surface area (Å²) < 4.78 is 6.81. The van der Waals surface area contributed by atoms with Gasteiger partial charge in [-0.15, -0.1) is 0 Å². The lowest BCUT2D eigenvalue weighted by Gasteiger charge is -2.07. The van der Waals surface area contributed by atoms with Crippen LogP contribution in [0.15, 0.2) is 18.5 Å². The van der Waals surface area contributed by atoms with Crippen LogP contribution in [0.3, 0.4) is 0 Å². The van der Waals surface area contributed by atoms with Crippen LogP contribution in [0, 0.1) is 0 Å². The monoisotopic (exact) mass is 268 g/mol. The molecule has 0 bridgehead atoms. The van der Waals surface area contributed by atoms with Crippen LogP contribution in [0.4, 0.5) is 5.82 Å². The average Bonchev–Trinajstić information content (AvgIpc) is 2.82. The predicted molar refractivity (Wildman–Crippen MR) is 67.3 cm³/mol. The molecule has 0 radical (unpaired) electrons. The van der Waals surface area contributed by atoms with E-state index in [1.807, 2.05) is 6.92 Å². The summed E-state index contributed by atoms with van der Waals surface area (Å²) in [6.07, 6.45) is 3.18. The Bertz CT molecular complexity index is 529. The maximum absolute atomic E-state index is 5.82. The summed E-state index contributed by atoms with van der Waals surface area (Å²) in [5, 5.41) is 4.60. The molecule has 0 amide bonds. The molecule has 0 aliphatic rings. The van der Waals surface area contributed by atoms with Crippen molar-refractivity contribution in [2.45, 2.75) is 13.5 Å². The van der Waals surface area contributed by atoms with Gasteiger partial charge >= 0.3 is 0 Å². The van der Waals surface area contributed by atoms with Crippen LogP contribution in [0.2, 0.25) is 5.02 Å². The summed E-state index contributed by atoms with van der Waals surface area (Å²) in [6.45, 7) is 2.81. The van der Waals surface area contributed by atoms with E-state index in [4.69, 9.17) is 22.2 Å². The molecular formula is C10H13ClN6O. The summed E-state index contributed by atoms with van der Waals surface area (Å²) >= 11 is 5.82. The zero-order valence-corrected chi connectivity index (χ0v) is 10.6. The lowest BCUT2D eigenvalue weighted by Crippen LogP contribution is -2.13. The van der Waals surface area contributed by atoms with Gasteiger partial charge in [0.25, 0.3) is 0 Å². The Morgan fingerprint density at radius 1 is 1.50 bits per heavy atom. The second-order valence-corrected chi connectivity index (χ2v) is 3.85. The van der Waals surface area contributed by atoms with Crippen LogP contribution in [-0.4, -0.2) is 26.4 Å². The molecule has 3 N–H and O–H groups in total. The van der Waals surface area contributed by atoms with Crippen molar-refractivity contribution in [1.29, 1.82) is 0 Å². The Morgan fingerprint density at radius 3 is 2.94 bits per heavy atom. The average molecular weight is 269 g/mol. The van der Waals surface area contributed by atoms with Crippen molar-refractivity contribution in [1.82, 2.24) is 19.7 Å². The number of aromatic nitrogens is 4. The topological polar surface area (TPSA) is 90.9 Å². The summed E-state index contributed by atoms with van der Waals surface area (Å²) in [4.78, 5) is 8.49. The molecular weight excluding hydrogens is 256 g/mol. The van der Waals surface area contributed by atoms with Crippen molar-refractivity contribution in [2.75, 3.05) is 12.0 Å². The number of rotatable bonds is 5. The van der Waals surface area contributed by atoms with Crippen LogP contribution in [0.1, 0.15) is 12.7 Å². The van der Waals surface area contributed by atoms with E-state index in [2.05, 4.69) is 20.5 Å². The second kappa shape index (κ2) is 5.76. The van der Waals surface area contributed by atoms with Crippen LogP contribution in [0.5, 0.6) is 0 Å². The molecule has 96 valence electrons. The lowest BCUT2D eigenvalue weighted by molar-refractivity contribution is 0.128. The number of nitrogen functional groups attached to an aromatic ring is 1. The minimum Gasteiger partial charge on any atom is -0.374 e. The molecule has 0 saturated heterocycles. The number of nitrogens with one attached hydrogen (secondary N) is 1. The number of nitrogens with two attached hydrogens (primary N) is 1.